The maximum atomic E-state index is 12.6. The molecule has 0 aromatic heterocycles. The molecular weight excluding hydrogens is 545 g/mol. The van der Waals surface area contributed by atoms with Gasteiger partial charge in [-0.05, 0) is 76.7 Å². The van der Waals surface area contributed by atoms with Crippen LogP contribution in [0.2, 0.25) is 0 Å². The minimum Gasteiger partial charge on any atom is -0.497 e. The second-order valence-electron chi connectivity index (χ2n) is 6.94. The largest absolute Gasteiger partial charge is 0.497 e. The van der Waals surface area contributed by atoms with E-state index in [2.05, 4.69) is 34.0 Å². The number of anilines is 1. The third kappa shape index (κ3) is 6.06. The Kier molecular flexibility index (Phi) is 8.49. The van der Waals surface area contributed by atoms with Gasteiger partial charge in [-0.1, -0.05) is 18.2 Å². The van der Waals surface area contributed by atoms with Gasteiger partial charge in [0.1, 0.15) is 24.0 Å². The molecule has 7 nitrogen and oxygen atoms in total. The number of benzene rings is 3. The summed E-state index contributed by atoms with van der Waals surface area (Å²) in [6.45, 7) is 0.193. The van der Waals surface area contributed by atoms with E-state index in [1.807, 2.05) is 18.2 Å². The standard InChI is InChI=1S/C26H20IN3O4/c1-32-22-9-7-21(8-10-22)30-26(31)20(15-29)11-17-12-23(27)25(24(13-17)33-2)34-16-19-6-4-3-5-18(19)14-28/h3-13H,16H2,1-2H3,(H,30,31)/b20-11-. The van der Waals surface area contributed by atoms with Crippen molar-refractivity contribution in [2.75, 3.05) is 19.5 Å². The number of rotatable bonds is 8. The van der Waals surface area contributed by atoms with E-state index in [1.165, 1.54) is 13.2 Å². The van der Waals surface area contributed by atoms with E-state index in [9.17, 15) is 15.3 Å². The van der Waals surface area contributed by atoms with E-state index in [4.69, 9.17) is 14.2 Å². The van der Waals surface area contributed by atoms with Gasteiger partial charge in [-0.25, -0.2) is 0 Å². The van der Waals surface area contributed by atoms with Crippen molar-refractivity contribution < 1.29 is 19.0 Å². The van der Waals surface area contributed by atoms with Crippen molar-refractivity contribution in [3.05, 3.63) is 86.5 Å². The molecule has 0 aliphatic rings. The molecule has 1 N–H and O–H groups in total. The van der Waals surface area contributed by atoms with Gasteiger partial charge in [-0.2, -0.15) is 10.5 Å². The van der Waals surface area contributed by atoms with E-state index in [0.29, 0.717) is 34.1 Å². The number of hydrogen-bond donors (Lipinski definition) is 1. The molecule has 0 fully saturated rings. The monoisotopic (exact) mass is 565 g/mol. The summed E-state index contributed by atoms with van der Waals surface area (Å²) in [7, 11) is 3.07. The number of hydrogen-bond acceptors (Lipinski definition) is 6. The molecule has 0 saturated carbocycles. The van der Waals surface area contributed by atoms with Gasteiger partial charge in [-0.15, -0.1) is 0 Å². The van der Waals surface area contributed by atoms with Gasteiger partial charge in [0.15, 0.2) is 11.5 Å². The molecule has 0 bridgehead atoms. The predicted molar refractivity (Wildman–Crippen MR) is 136 cm³/mol. The second kappa shape index (κ2) is 11.7. The maximum absolute atomic E-state index is 12.6. The molecule has 3 aromatic carbocycles. The van der Waals surface area contributed by atoms with Crippen LogP contribution < -0.4 is 19.5 Å². The van der Waals surface area contributed by atoms with Crippen molar-refractivity contribution in [2.45, 2.75) is 6.61 Å². The van der Waals surface area contributed by atoms with Crippen LogP contribution in [0.5, 0.6) is 17.2 Å². The smallest absolute Gasteiger partial charge is 0.266 e. The van der Waals surface area contributed by atoms with E-state index in [0.717, 1.165) is 9.13 Å². The van der Waals surface area contributed by atoms with E-state index < -0.39 is 5.91 Å². The number of nitrogens with zero attached hydrogens (tertiary/aromatic N) is 2. The summed E-state index contributed by atoms with van der Waals surface area (Å²) < 4.78 is 17.3. The number of nitrogens with one attached hydrogen (secondary N) is 1. The van der Waals surface area contributed by atoms with E-state index in [-0.39, 0.29) is 12.2 Å². The summed E-state index contributed by atoms with van der Waals surface area (Å²) in [5, 5.41) is 21.5. The first-order valence-electron chi connectivity index (χ1n) is 10.0. The van der Waals surface area contributed by atoms with Crippen LogP contribution in [-0.2, 0) is 11.4 Å². The number of halogens is 1. The lowest BCUT2D eigenvalue weighted by Gasteiger charge is -2.14. The Morgan fingerprint density at radius 2 is 1.79 bits per heavy atom. The molecule has 3 aromatic rings. The molecule has 170 valence electrons. The molecule has 0 heterocycles. The maximum Gasteiger partial charge on any atom is 0.266 e. The summed E-state index contributed by atoms with van der Waals surface area (Å²) in [5.41, 5.74) is 2.38. The van der Waals surface area contributed by atoms with E-state index in [1.54, 1.807) is 55.6 Å². The number of carbonyl (C=O) groups excluding carboxylic acids is 1. The molecule has 0 unspecified atom stereocenters. The van der Waals surface area contributed by atoms with Crippen molar-refractivity contribution in [1.82, 2.24) is 0 Å². The van der Waals surface area contributed by atoms with Crippen LogP contribution in [0.3, 0.4) is 0 Å². The van der Waals surface area contributed by atoms with Gasteiger partial charge in [-0.3, -0.25) is 4.79 Å². The number of methoxy groups -OCH3 is 2. The first-order valence-corrected chi connectivity index (χ1v) is 11.1. The summed E-state index contributed by atoms with van der Waals surface area (Å²) >= 11 is 2.10. The fourth-order valence-electron chi connectivity index (χ4n) is 3.06. The Balaban J connectivity index is 1.81. The first-order chi connectivity index (χ1) is 16.5. The first kappa shape index (κ1) is 24.6. The highest BCUT2D eigenvalue weighted by Crippen LogP contribution is 2.35. The molecule has 0 saturated heterocycles. The molecule has 0 atom stereocenters. The lowest BCUT2D eigenvalue weighted by Crippen LogP contribution is -2.13. The predicted octanol–water partition coefficient (Wildman–Crippen LogP) is 5.30. The average Bonchev–Trinajstić information content (AvgIpc) is 2.86. The topological polar surface area (TPSA) is 104 Å². The fourth-order valence-corrected chi connectivity index (χ4v) is 3.84. The van der Waals surface area contributed by atoms with E-state index >= 15 is 0 Å². The number of ether oxygens (including phenoxy) is 3. The molecule has 0 aliphatic carbocycles. The molecule has 3 rings (SSSR count). The number of amides is 1. The molecule has 34 heavy (non-hydrogen) atoms. The van der Waals surface area contributed by atoms with Gasteiger partial charge in [0.2, 0.25) is 0 Å². The Labute approximate surface area is 211 Å². The van der Waals surface area contributed by atoms with Gasteiger partial charge >= 0.3 is 0 Å². The summed E-state index contributed by atoms with van der Waals surface area (Å²) in [6, 6.07) is 21.6. The van der Waals surface area contributed by atoms with Crippen molar-refractivity contribution in [2.24, 2.45) is 0 Å². The molecule has 0 radical (unpaired) electrons. The summed E-state index contributed by atoms with van der Waals surface area (Å²) in [4.78, 5) is 12.6. The third-order valence-electron chi connectivity index (χ3n) is 4.79. The average molecular weight is 565 g/mol. The third-order valence-corrected chi connectivity index (χ3v) is 5.59. The second-order valence-corrected chi connectivity index (χ2v) is 8.11. The molecule has 8 heteroatoms. The zero-order valence-corrected chi connectivity index (χ0v) is 20.6. The number of nitriles is 2. The highest BCUT2D eigenvalue weighted by molar-refractivity contribution is 14.1. The zero-order valence-electron chi connectivity index (χ0n) is 18.5. The van der Waals surface area contributed by atoms with Crippen molar-refractivity contribution in [3.8, 4) is 29.4 Å². The molecule has 1 amide bonds. The lowest BCUT2D eigenvalue weighted by atomic mass is 10.1. The van der Waals surface area contributed by atoms with Crippen LogP contribution >= 0.6 is 22.6 Å². The quantitative estimate of drug-likeness (QED) is 0.226. The molecule has 0 aliphatic heterocycles. The van der Waals surface area contributed by atoms with Crippen molar-refractivity contribution in [1.29, 1.82) is 10.5 Å². The van der Waals surface area contributed by atoms with Gasteiger partial charge in [0.05, 0.1) is 29.4 Å². The Hall–Kier alpha value is -4.02. The van der Waals surface area contributed by atoms with Crippen LogP contribution in [0.15, 0.2) is 66.2 Å². The van der Waals surface area contributed by atoms with Crippen LogP contribution in [0.4, 0.5) is 5.69 Å². The van der Waals surface area contributed by atoms with Gasteiger partial charge in [0, 0.05) is 11.3 Å². The normalized spacial score (nSPS) is 10.6. The van der Waals surface area contributed by atoms with Crippen molar-refractivity contribution >= 4 is 40.3 Å². The van der Waals surface area contributed by atoms with Crippen LogP contribution in [-0.4, -0.2) is 20.1 Å². The SMILES string of the molecule is COc1ccc(NC(=O)/C(C#N)=C\c2cc(I)c(OCc3ccccc3C#N)c(OC)c2)cc1. The fraction of sp³-hybridized carbons (Fsp3) is 0.115. The minimum atomic E-state index is -0.532. The van der Waals surface area contributed by atoms with Gasteiger partial charge in [0.25, 0.3) is 5.91 Å². The highest BCUT2D eigenvalue weighted by atomic mass is 127. The van der Waals surface area contributed by atoms with Crippen LogP contribution in [0.25, 0.3) is 6.08 Å². The van der Waals surface area contributed by atoms with Crippen molar-refractivity contribution in [3.63, 3.8) is 0 Å². The molecular formula is C26H20IN3O4. The minimum absolute atomic E-state index is 0.0645. The summed E-state index contributed by atoms with van der Waals surface area (Å²) in [5.74, 6) is 1.08. The molecule has 0 spiro atoms. The Bertz CT molecular complexity index is 1310. The van der Waals surface area contributed by atoms with Gasteiger partial charge < -0.3 is 19.5 Å². The van der Waals surface area contributed by atoms with Crippen LogP contribution in [0, 0.1) is 26.2 Å². The number of carbonyl (C=O) groups is 1. The Morgan fingerprint density at radius 3 is 2.44 bits per heavy atom. The summed E-state index contributed by atoms with van der Waals surface area (Å²) in [6.07, 6.45) is 1.48. The zero-order chi connectivity index (χ0) is 24.5. The lowest BCUT2D eigenvalue weighted by molar-refractivity contribution is -0.112. The van der Waals surface area contributed by atoms with Crippen LogP contribution in [0.1, 0.15) is 16.7 Å². The Morgan fingerprint density at radius 1 is 1.06 bits per heavy atom. The highest BCUT2D eigenvalue weighted by Gasteiger charge is 2.15.